The molecule has 2 aromatic heterocycles. The Balaban J connectivity index is 2.22. The van der Waals surface area contributed by atoms with Crippen LogP contribution in [0.15, 0.2) is 36.5 Å². The number of ether oxygens (including phenoxy) is 1. The molecule has 0 saturated carbocycles. The van der Waals surface area contributed by atoms with Crippen LogP contribution >= 0.6 is 0 Å². The van der Waals surface area contributed by atoms with E-state index in [1.165, 1.54) is 6.20 Å². The van der Waals surface area contributed by atoms with Crippen LogP contribution in [0.5, 0.6) is 5.75 Å². The second-order valence-electron chi connectivity index (χ2n) is 4.40. The highest BCUT2D eigenvalue weighted by Crippen LogP contribution is 2.31. The molecule has 22 heavy (non-hydrogen) atoms. The molecule has 0 amide bonds. The number of fused-ring (bicyclic) bond motifs is 1. The van der Waals surface area contributed by atoms with Gasteiger partial charge in [-0.2, -0.15) is 22.7 Å². The molecule has 0 N–H and O–H groups in total. The molecule has 0 fully saturated rings. The Labute approximate surface area is 123 Å². The molecule has 0 aliphatic heterocycles. The van der Waals surface area contributed by atoms with E-state index in [0.717, 1.165) is 4.52 Å². The van der Waals surface area contributed by atoms with Crippen LogP contribution in [0.3, 0.4) is 0 Å². The first-order valence-corrected chi connectivity index (χ1v) is 6.52. The van der Waals surface area contributed by atoms with Gasteiger partial charge in [-0.3, -0.25) is 0 Å². The number of para-hydroxylation sites is 1. The number of aromatic nitrogens is 4. The van der Waals surface area contributed by atoms with Crippen LogP contribution in [0.4, 0.5) is 13.2 Å². The highest BCUT2D eigenvalue weighted by molar-refractivity contribution is 5.68. The van der Waals surface area contributed by atoms with E-state index in [-0.39, 0.29) is 5.78 Å². The molecule has 5 nitrogen and oxygen atoms in total. The van der Waals surface area contributed by atoms with E-state index in [4.69, 9.17) is 4.74 Å². The Morgan fingerprint density at radius 3 is 2.68 bits per heavy atom. The SMILES string of the molecule is CCOc1ccccc1-c1ccnc2nc(C(F)(F)F)nn12. The molecule has 0 saturated heterocycles. The summed E-state index contributed by atoms with van der Waals surface area (Å²) in [6.07, 6.45) is -3.23. The molecule has 0 aliphatic carbocycles. The zero-order chi connectivity index (χ0) is 15.7. The Morgan fingerprint density at radius 1 is 1.18 bits per heavy atom. The summed E-state index contributed by atoms with van der Waals surface area (Å²) in [4.78, 5) is 7.25. The van der Waals surface area contributed by atoms with E-state index < -0.39 is 12.0 Å². The summed E-state index contributed by atoms with van der Waals surface area (Å²) in [7, 11) is 0. The first-order chi connectivity index (χ1) is 10.5. The Kier molecular flexibility index (Phi) is 3.44. The monoisotopic (exact) mass is 308 g/mol. The molecule has 1 aromatic carbocycles. The second kappa shape index (κ2) is 5.28. The molecule has 2 heterocycles. The van der Waals surface area contributed by atoms with Gasteiger partial charge in [-0.05, 0) is 25.1 Å². The van der Waals surface area contributed by atoms with Crippen molar-refractivity contribution in [2.45, 2.75) is 13.1 Å². The number of nitrogens with zero attached hydrogens (tertiary/aromatic N) is 4. The van der Waals surface area contributed by atoms with Gasteiger partial charge in [0.1, 0.15) is 5.75 Å². The summed E-state index contributed by atoms with van der Waals surface area (Å²) in [5, 5.41) is 3.52. The van der Waals surface area contributed by atoms with E-state index in [2.05, 4.69) is 15.1 Å². The van der Waals surface area contributed by atoms with Crippen molar-refractivity contribution in [3.05, 3.63) is 42.4 Å². The fourth-order valence-corrected chi connectivity index (χ4v) is 2.08. The van der Waals surface area contributed by atoms with Gasteiger partial charge >= 0.3 is 6.18 Å². The van der Waals surface area contributed by atoms with Crippen LogP contribution in [0.25, 0.3) is 17.0 Å². The first kappa shape index (κ1) is 14.3. The lowest BCUT2D eigenvalue weighted by Crippen LogP contribution is -2.08. The third-order valence-corrected chi connectivity index (χ3v) is 2.96. The zero-order valence-electron chi connectivity index (χ0n) is 11.5. The van der Waals surface area contributed by atoms with Crippen LogP contribution in [-0.2, 0) is 6.18 Å². The maximum atomic E-state index is 12.8. The van der Waals surface area contributed by atoms with Crippen molar-refractivity contribution in [2.75, 3.05) is 6.61 Å². The Hall–Kier alpha value is -2.64. The van der Waals surface area contributed by atoms with Crippen molar-refractivity contribution < 1.29 is 17.9 Å². The van der Waals surface area contributed by atoms with Gasteiger partial charge in [0, 0.05) is 11.8 Å². The minimum absolute atomic E-state index is 0.115. The average Bonchev–Trinajstić information content (AvgIpc) is 2.92. The molecule has 0 bridgehead atoms. The van der Waals surface area contributed by atoms with Gasteiger partial charge < -0.3 is 4.74 Å². The third-order valence-electron chi connectivity index (χ3n) is 2.96. The van der Waals surface area contributed by atoms with Gasteiger partial charge in [0.25, 0.3) is 11.6 Å². The third kappa shape index (κ3) is 2.47. The average molecular weight is 308 g/mol. The summed E-state index contributed by atoms with van der Waals surface area (Å²) in [6, 6.07) is 8.61. The normalized spacial score (nSPS) is 11.8. The van der Waals surface area contributed by atoms with Crippen molar-refractivity contribution >= 4 is 5.78 Å². The molecular formula is C14H11F3N4O. The maximum absolute atomic E-state index is 12.8. The summed E-state index contributed by atoms with van der Waals surface area (Å²) >= 11 is 0. The van der Waals surface area contributed by atoms with Gasteiger partial charge in [-0.25, -0.2) is 4.98 Å². The highest BCUT2D eigenvalue weighted by Gasteiger charge is 2.36. The number of alkyl halides is 3. The highest BCUT2D eigenvalue weighted by atomic mass is 19.4. The largest absolute Gasteiger partial charge is 0.493 e. The summed E-state index contributed by atoms with van der Waals surface area (Å²) < 4.78 is 44.9. The van der Waals surface area contributed by atoms with Crippen molar-refractivity contribution in [2.24, 2.45) is 0 Å². The summed E-state index contributed by atoms with van der Waals surface area (Å²) in [6.45, 7) is 2.27. The quantitative estimate of drug-likeness (QED) is 0.745. The van der Waals surface area contributed by atoms with Crippen LogP contribution in [-0.4, -0.2) is 26.2 Å². The lowest BCUT2D eigenvalue weighted by atomic mass is 10.1. The molecule has 0 atom stereocenters. The molecule has 3 rings (SSSR count). The first-order valence-electron chi connectivity index (χ1n) is 6.52. The molecule has 8 heteroatoms. The number of rotatable bonds is 3. The van der Waals surface area contributed by atoms with Gasteiger partial charge in [-0.15, -0.1) is 5.10 Å². The molecule has 0 unspecified atom stereocenters. The number of halogens is 3. The maximum Gasteiger partial charge on any atom is 0.453 e. The van der Waals surface area contributed by atoms with Gasteiger partial charge in [0.2, 0.25) is 0 Å². The Morgan fingerprint density at radius 2 is 1.95 bits per heavy atom. The van der Waals surface area contributed by atoms with Crippen LogP contribution in [0, 0.1) is 0 Å². The zero-order valence-corrected chi connectivity index (χ0v) is 11.5. The standard InChI is InChI=1S/C14H11F3N4O/c1-2-22-11-6-4-3-5-9(11)10-7-8-18-13-19-12(14(15,16)17)20-21(10)13/h3-8H,2H2,1H3. The molecular weight excluding hydrogens is 297 g/mol. The van der Waals surface area contributed by atoms with Crippen molar-refractivity contribution in [3.8, 4) is 17.0 Å². The Bertz CT molecular complexity index is 813. The van der Waals surface area contributed by atoms with Gasteiger partial charge in [0.05, 0.1) is 12.3 Å². The molecule has 0 radical (unpaired) electrons. The molecule has 0 aliphatic rings. The van der Waals surface area contributed by atoms with E-state index in [9.17, 15) is 13.2 Å². The fraction of sp³-hybridized carbons (Fsp3) is 0.214. The van der Waals surface area contributed by atoms with E-state index in [0.29, 0.717) is 23.6 Å². The van der Waals surface area contributed by atoms with E-state index in [1.807, 2.05) is 6.92 Å². The lowest BCUT2D eigenvalue weighted by Gasteiger charge is -2.10. The molecule has 3 aromatic rings. The topological polar surface area (TPSA) is 52.3 Å². The van der Waals surface area contributed by atoms with Crippen molar-refractivity contribution in [3.63, 3.8) is 0 Å². The van der Waals surface area contributed by atoms with E-state index in [1.54, 1.807) is 30.3 Å². The minimum Gasteiger partial charge on any atom is -0.493 e. The van der Waals surface area contributed by atoms with Crippen LogP contribution < -0.4 is 4.74 Å². The predicted octanol–water partition coefficient (Wildman–Crippen LogP) is 3.21. The number of hydrogen-bond acceptors (Lipinski definition) is 4. The van der Waals surface area contributed by atoms with Crippen LogP contribution in [0.1, 0.15) is 12.7 Å². The smallest absolute Gasteiger partial charge is 0.453 e. The minimum atomic E-state index is -4.62. The van der Waals surface area contributed by atoms with E-state index >= 15 is 0 Å². The van der Waals surface area contributed by atoms with Crippen molar-refractivity contribution in [1.29, 1.82) is 0 Å². The number of hydrogen-bond donors (Lipinski definition) is 0. The lowest BCUT2D eigenvalue weighted by molar-refractivity contribution is -0.144. The predicted molar refractivity (Wildman–Crippen MR) is 72.4 cm³/mol. The fourth-order valence-electron chi connectivity index (χ4n) is 2.08. The molecule has 114 valence electrons. The van der Waals surface area contributed by atoms with Crippen LogP contribution in [0.2, 0.25) is 0 Å². The molecule has 0 spiro atoms. The number of benzene rings is 1. The van der Waals surface area contributed by atoms with Crippen molar-refractivity contribution in [1.82, 2.24) is 19.6 Å². The summed E-state index contributed by atoms with van der Waals surface area (Å²) in [5.74, 6) is -0.779. The van der Waals surface area contributed by atoms with Gasteiger partial charge in [0.15, 0.2) is 0 Å². The second-order valence-corrected chi connectivity index (χ2v) is 4.40. The summed E-state index contributed by atoms with van der Waals surface area (Å²) in [5.41, 5.74) is 1.05. The van der Waals surface area contributed by atoms with Gasteiger partial charge in [-0.1, -0.05) is 12.1 Å².